The number of aliphatic carboxylic acids is 1. The maximum absolute atomic E-state index is 13.1. The van der Waals surface area contributed by atoms with Crippen LogP contribution in [0.15, 0.2) is 345 Å². The predicted octanol–water partition coefficient (Wildman–Crippen LogP) is 21.2. The number of benzene rings is 4. The zero-order valence-corrected chi connectivity index (χ0v) is 77.6. The molecular formula is C90H64N12O18S12. The van der Waals surface area contributed by atoms with Crippen molar-refractivity contribution in [2.45, 2.75) is 71.5 Å². The number of aliphatic hydroxyl groups excluding tert-OH is 4. The number of nitrogens with zero attached hydrogens (tertiary/aromatic N) is 12. The highest BCUT2D eigenvalue weighted by Gasteiger charge is 2.52. The van der Waals surface area contributed by atoms with Gasteiger partial charge >= 0.3 is 0 Å². The Kier molecular flexibility index (Phi) is 29.7. The van der Waals surface area contributed by atoms with E-state index in [1.165, 1.54) is 182 Å². The molecule has 16 aromatic rings. The van der Waals surface area contributed by atoms with E-state index in [2.05, 4.69) is 40.8 Å². The molecule has 12 aromatic heterocycles. The molecule has 5 N–H and O–H groups in total. The van der Waals surface area contributed by atoms with Crippen molar-refractivity contribution < 1.29 is 86.4 Å². The molecular weight excluding hydrogens is 1920 g/mol. The second-order valence-corrected chi connectivity index (χ2v) is 40.2. The van der Waals surface area contributed by atoms with Crippen LogP contribution in [0.5, 0.6) is 0 Å². The molecule has 4 aromatic carbocycles. The van der Waals surface area contributed by atoms with Crippen LogP contribution in [-0.2, 0) is 47.0 Å². The molecule has 0 aliphatic carbocycles. The van der Waals surface area contributed by atoms with Crippen LogP contribution in [-0.4, -0.2) is 119 Å². The average molecular weight is 1990 g/mol. The van der Waals surface area contributed by atoms with Gasteiger partial charge in [0.2, 0.25) is 43.7 Å². The van der Waals surface area contributed by atoms with Gasteiger partial charge in [0.1, 0.15) is 47.2 Å². The Morgan fingerprint density at radius 2 is 0.508 bits per heavy atom. The van der Waals surface area contributed by atoms with Crippen LogP contribution in [0.25, 0.3) is 0 Å². The Labute approximate surface area is 797 Å². The predicted molar refractivity (Wildman–Crippen MR) is 506 cm³/mol. The van der Waals surface area contributed by atoms with Gasteiger partial charge in [0.15, 0.2) is 40.4 Å². The van der Waals surface area contributed by atoms with E-state index in [9.17, 15) is 58.8 Å². The van der Waals surface area contributed by atoms with Gasteiger partial charge in [-0.2, -0.15) is 0 Å². The molecule has 0 fully saturated rings. The van der Waals surface area contributed by atoms with Gasteiger partial charge in [-0.1, -0.05) is 238 Å². The summed E-state index contributed by atoms with van der Waals surface area (Å²) in [4.78, 5) is 121. The maximum Gasteiger partial charge on any atom is 0.300 e. The fraction of sp³-hybridized carbons (Fsp3) is 0.100. The van der Waals surface area contributed by atoms with E-state index in [1.54, 1.807) is 119 Å². The standard InChI is InChI=1S/4C22H15N3O4S3.C2H4O2/c4*26-18(15-9-5-11-30-15)16-17(14-8-4-10-29-14)25(20(28)19(16)27)21-23-24-22(32-21)31-12-13-6-2-1-3-7-13;1-2(3)4/h4*1-11,17,27H,12H2;1H3,(H,3,4). The number of rotatable bonds is 28. The minimum absolute atomic E-state index is 0.0268. The fourth-order valence-electron chi connectivity index (χ4n) is 13.5. The van der Waals surface area contributed by atoms with Gasteiger partial charge in [-0.15, -0.1) is 86.1 Å². The zero-order valence-electron chi connectivity index (χ0n) is 67.9. The van der Waals surface area contributed by atoms with Crippen LogP contribution >= 0.6 is 138 Å². The van der Waals surface area contributed by atoms with Crippen molar-refractivity contribution in [2.24, 2.45) is 0 Å². The summed E-state index contributed by atoms with van der Waals surface area (Å²) in [6.45, 7) is 1.08. The molecule has 4 atom stereocenters. The first kappa shape index (κ1) is 91.9. The third-order valence-electron chi connectivity index (χ3n) is 19.3. The van der Waals surface area contributed by atoms with Crippen molar-refractivity contribution in [3.05, 3.63) is 375 Å². The number of carbonyl (C=O) groups excluding carboxylic acids is 8. The summed E-state index contributed by atoms with van der Waals surface area (Å²) in [5, 5.41) is 91.8. The number of anilines is 4. The lowest BCUT2D eigenvalue weighted by molar-refractivity contribution is -0.134. The smallest absolute Gasteiger partial charge is 0.300 e. The van der Waals surface area contributed by atoms with Crippen LogP contribution in [0.4, 0.5) is 20.5 Å². The van der Waals surface area contributed by atoms with E-state index >= 15 is 0 Å². The number of carbonyl (C=O) groups is 9. The minimum Gasteiger partial charge on any atom is -0.503 e. The topological polar surface area (TPSA) is 423 Å². The number of carboxylic acid groups (broad SMARTS) is 1. The lowest BCUT2D eigenvalue weighted by Crippen LogP contribution is -2.30. The molecule has 42 heteroatoms. The monoisotopic (exact) mass is 1980 g/mol. The first-order valence-corrected chi connectivity index (χ1v) is 49.7. The van der Waals surface area contributed by atoms with Crippen LogP contribution < -0.4 is 19.6 Å². The molecule has 4 amide bonds. The molecule has 16 heterocycles. The largest absolute Gasteiger partial charge is 0.503 e. The number of thiophene rings is 4. The summed E-state index contributed by atoms with van der Waals surface area (Å²) in [5.41, 5.74) is 4.46. The molecule has 4 aliphatic heterocycles. The highest BCUT2D eigenvalue weighted by molar-refractivity contribution is 8.01. The van der Waals surface area contributed by atoms with E-state index < -0.39 is 99.9 Å². The lowest BCUT2D eigenvalue weighted by atomic mass is 10.0. The number of hydrogen-bond acceptors (Lipinski definition) is 37. The van der Waals surface area contributed by atoms with E-state index in [1.807, 2.05) is 121 Å². The quantitative estimate of drug-likeness (QED) is 0.0173. The van der Waals surface area contributed by atoms with Crippen molar-refractivity contribution >= 4 is 211 Å². The SMILES string of the molecule is CC(=O)O.O=C(C1=C(O)C(=O)N(c2nnc(SCc3ccccc3)s2)C1c1ccco1)c1cccs1.O=C(C1=C(O)C(=O)N(c2nnc(SCc3ccccc3)s2)C1c1ccco1)c1cccs1.O=C(C1=C(O)C(=O)N(c2nnc(SCc3ccccc3)s2)C1c1ccco1)c1cccs1.O=C(C1=C(O)C(=O)N(c2nnc(SCc3ccccc3)s2)C1c1ccco1)c1cccs1. The van der Waals surface area contributed by atoms with Gasteiger partial charge in [0.05, 0.1) is 66.9 Å². The van der Waals surface area contributed by atoms with Gasteiger partial charge in [-0.05, 0) is 117 Å². The molecule has 4 aliphatic rings. The Hall–Kier alpha value is -13.4. The molecule has 664 valence electrons. The Morgan fingerprint density at radius 3 is 0.682 bits per heavy atom. The summed E-state index contributed by atoms with van der Waals surface area (Å²) >= 11 is 15.9. The van der Waals surface area contributed by atoms with Crippen LogP contribution in [0.2, 0.25) is 0 Å². The molecule has 0 spiro atoms. The van der Waals surface area contributed by atoms with Crippen molar-refractivity contribution in [3.63, 3.8) is 0 Å². The lowest BCUT2D eigenvalue weighted by Gasteiger charge is -2.21. The highest BCUT2D eigenvalue weighted by atomic mass is 32.2. The molecule has 132 heavy (non-hydrogen) atoms. The summed E-state index contributed by atoms with van der Waals surface area (Å²) in [6.07, 6.45) is 5.84. The van der Waals surface area contributed by atoms with Gasteiger partial charge in [0.25, 0.3) is 29.6 Å². The van der Waals surface area contributed by atoms with E-state index in [4.69, 9.17) is 27.6 Å². The first-order chi connectivity index (χ1) is 64.3. The molecule has 0 saturated carbocycles. The number of aromatic nitrogens is 8. The summed E-state index contributed by atoms with van der Waals surface area (Å²) in [7, 11) is 0. The van der Waals surface area contributed by atoms with Gasteiger partial charge in [-0.3, -0.25) is 62.8 Å². The van der Waals surface area contributed by atoms with Crippen molar-refractivity contribution in [3.8, 4) is 0 Å². The minimum atomic E-state index is -0.924. The van der Waals surface area contributed by atoms with Crippen LogP contribution in [0, 0.1) is 0 Å². The Bertz CT molecular complexity index is 6050. The molecule has 4 unspecified atom stereocenters. The first-order valence-electron chi connectivity index (χ1n) is 39.0. The number of furan rings is 4. The molecule has 20 rings (SSSR count). The third-order valence-corrected chi connectivity index (χ3v) is 31.3. The highest BCUT2D eigenvalue weighted by Crippen LogP contribution is 2.50. The van der Waals surface area contributed by atoms with Crippen molar-refractivity contribution in [1.82, 2.24) is 40.8 Å². The van der Waals surface area contributed by atoms with E-state index in [0.717, 1.165) is 29.2 Å². The number of amides is 4. The number of Topliss-reactive ketones (excluding diaryl/α,β-unsaturated/α-hetero) is 4. The summed E-state index contributed by atoms with van der Waals surface area (Å²) in [5.74, 6) is -3.48. The fourth-order valence-corrected chi connectivity index (χ4v) is 23.5. The van der Waals surface area contributed by atoms with Gasteiger partial charge in [-0.25, -0.2) is 0 Å². The number of ketones is 4. The van der Waals surface area contributed by atoms with Crippen LogP contribution in [0.1, 0.15) is 115 Å². The maximum atomic E-state index is 13.1. The second-order valence-electron chi connectivity index (χ2n) is 27.7. The average Bonchev–Trinajstić information content (AvgIpc) is 1.61. The van der Waals surface area contributed by atoms with Gasteiger partial charge in [0, 0.05) is 29.9 Å². The van der Waals surface area contributed by atoms with Gasteiger partial charge < -0.3 is 43.2 Å². The normalized spacial score (nSPS) is 15.9. The van der Waals surface area contributed by atoms with Crippen molar-refractivity contribution in [1.29, 1.82) is 0 Å². The zero-order chi connectivity index (χ0) is 91.9. The Morgan fingerprint density at radius 1 is 0.303 bits per heavy atom. The molecule has 0 bridgehead atoms. The molecule has 30 nitrogen and oxygen atoms in total. The summed E-state index contributed by atoms with van der Waals surface area (Å²) < 4.78 is 24.8. The molecule has 0 radical (unpaired) electrons. The number of hydrogen-bond donors (Lipinski definition) is 5. The van der Waals surface area contributed by atoms with E-state index in [0.29, 0.717) is 82.9 Å². The van der Waals surface area contributed by atoms with Crippen molar-refractivity contribution in [2.75, 3.05) is 19.6 Å². The number of aliphatic hydroxyl groups is 4. The third kappa shape index (κ3) is 20.7. The van der Waals surface area contributed by atoms with Crippen LogP contribution in [0.3, 0.4) is 0 Å². The number of carboxylic acids is 1. The second kappa shape index (κ2) is 42.7. The molecule has 0 saturated heterocycles. The number of thioether (sulfide) groups is 4. The summed E-state index contributed by atoms with van der Waals surface area (Å²) in [6, 6.07) is 63.0. The Balaban J connectivity index is 0.000000127. The van der Waals surface area contributed by atoms with E-state index in [-0.39, 0.29) is 42.8 Å².